The zero-order valence-electron chi connectivity index (χ0n) is 13.3. The first-order chi connectivity index (χ1) is 11.0. The van der Waals surface area contributed by atoms with Crippen LogP contribution < -0.4 is 9.47 Å². The van der Waals surface area contributed by atoms with Gasteiger partial charge in [-0.3, -0.25) is 9.69 Å². The summed E-state index contributed by atoms with van der Waals surface area (Å²) in [7, 11) is 3.42. The molecule has 1 aliphatic heterocycles. The van der Waals surface area contributed by atoms with Crippen LogP contribution >= 0.6 is 12.2 Å². The zero-order valence-corrected chi connectivity index (χ0v) is 14.1. The standard InChI is InChI=1S/C17H18N2O3S/c1-5-9-22-14-8-7-12(11-15(14)21-6-2)10-13-16(20)19(4)17(23)18(13)3/h1,7-8,10-11H,6,9H2,2-4H3/b13-10-. The van der Waals surface area contributed by atoms with E-state index < -0.39 is 0 Å². The van der Waals surface area contributed by atoms with Gasteiger partial charge >= 0.3 is 0 Å². The third-order valence-corrected chi connectivity index (χ3v) is 3.89. The lowest BCUT2D eigenvalue weighted by Crippen LogP contribution is -2.26. The highest BCUT2D eigenvalue weighted by Gasteiger charge is 2.32. The Morgan fingerprint density at radius 1 is 1.26 bits per heavy atom. The highest BCUT2D eigenvalue weighted by molar-refractivity contribution is 7.80. The Hall–Kier alpha value is -2.52. The van der Waals surface area contributed by atoms with E-state index in [1.165, 1.54) is 4.90 Å². The molecule has 0 saturated carbocycles. The van der Waals surface area contributed by atoms with Gasteiger partial charge in [-0.15, -0.1) is 6.42 Å². The van der Waals surface area contributed by atoms with Crippen LogP contribution in [0.3, 0.4) is 0 Å². The predicted molar refractivity (Wildman–Crippen MR) is 93.0 cm³/mol. The van der Waals surface area contributed by atoms with Gasteiger partial charge in [0.25, 0.3) is 5.91 Å². The van der Waals surface area contributed by atoms with Crippen LogP contribution in [0.5, 0.6) is 11.5 Å². The van der Waals surface area contributed by atoms with Crippen LogP contribution in [0.1, 0.15) is 12.5 Å². The molecule has 5 nitrogen and oxygen atoms in total. The second kappa shape index (κ2) is 7.16. The van der Waals surface area contributed by atoms with Crippen molar-refractivity contribution >= 4 is 29.3 Å². The summed E-state index contributed by atoms with van der Waals surface area (Å²) in [5, 5.41) is 0.472. The van der Waals surface area contributed by atoms with Gasteiger partial charge in [-0.25, -0.2) is 0 Å². The Bertz CT molecular complexity index is 706. The number of amides is 1. The van der Waals surface area contributed by atoms with Gasteiger partial charge in [0.15, 0.2) is 16.6 Å². The van der Waals surface area contributed by atoms with Crippen molar-refractivity contribution in [2.24, 2.45) is 0 Å². The molecule has 1 fully saturated rings. The minimum absolute atomic E-state index is 0.136. The van der Waals surface area contributed by atoms with Crippen molar-refractivity contribution < 1.29 is 14.3 Å². The largest absolute Gasteiger partial charge is 0.490 e. The fourth-order valence-corrected chi connectivity index (χ4v) is 2.35. The Balaban J connectivity index is 2.35. The number of thiocarbonyl (C=S) groups is 1. The maximum Gasteiger partial charge on any atom is 0.276 e. The number of terminal acetylenes is 1. The molecule has 2 rings (SSSR count). The number of ether oxygens (including phenoxy) is 2. The number of rotatable bonds is 5. The third kappa shape index (κ3) is 3.46. The molecule has 0 atom stereocenters. The first-order valence-corrected chi connectivity index (χ1v) is 7.51. The summed E-state index contributed by atoms with van der Waals surface area (Å²) in [4.78, 5) is 15.3. The molecular formula is C17H18N2O3S. The van der Waals surface area contributed by atoms with Crippen LogP contribution in [0.15, 0.2) is 23.9 Å². The number of likely N-dealkylation sites (N-methyl/N-ethyl adjacent to an activating group) is 2. The lowest BCUT2D eigenvalue weighted by Gasteiger charge is -2.12. The summed E-state index contributed by atoms with van der Waals surface area (Å²) >= 11 is 5.20. The third-order valence-electron chi connectivity index (χ3n) is 3.34. The molecule has 1 amide bonds. The summed E-state index contributed by atoms with van der Waals surface area (Å²) in [5.41, 5.74) is 1.33. The van der Waals surface area contributed by atoms with E-state index >= 15 is 0 Å². The predicted octanol–water partition coefficient (Wildman–Crippen LogP) is 2.13. The Morgan fingerprint density at radius 2 is 2.00 bits per heavy atom. The zero-order chi connectivity index (χ0) is 17.0. The molecule has 0 aliphatic carbocycles. The second-order valence-electron chi connectivity index (χ2n) is 4.87. The molecule has 1 aliphatic rings. The Kier molecular flexibility index (Phi) is 5.24. The van der Waals surface area contributed by atoms with Crippen molar-refractivity contribution in [1.82, 2.24) is 9.80 Å². The van der Waals surface area contributed by atoms with Gasteiger partial charge in [-0.2, -0.15) is 0 Å². The highest BCUT2D eigenvalue weighted by atomic mass is 32.1. The molecule has 23 heavy (non-hydrogen) atoms. The number of nitrogens with zero attached hydrogens (tertiary/aromatic N) is 2. The van der Waals surface area contributed by atoms with E-state index in [2.05, 4.69) is 5.92 Å². The number of hydrogen-bond donors (Lipinski definition) is 0. The van der Waals surface area contributed by atoms with Crippen LogP contribution in [0.25, 0.3) is 6.08 Å². The summed E-state index contributed by atoms with van der Waals surface area (Å²) in [6.07, 6.45) is 6.98. The van der Waals surface area contributed by atoms with Crippen molar-refractivity contribution in [3.05, 3.63) is 29.5 Å². The number of hydrogen-bond acceptors (Lipinski definition) is 4. The van der Waals surface area contributed by atoms with E-state index in [-0.39, 0.29) is 12.5 Å². The summed E-state index contributed by atoms with van der Waals surface area (Å²) in [5.74, 6) is 3.44. The summed E-state index contributed by atoms with van der Waals surface area (Å²) in [6.45, 7) is 2.55. The summed E-state index contributed by atoms with van der Waals surface area (Å²) in [6, 6.07) is 5.42. The van der Waals surface area contributed by atoms with Crippen molar-refractivity contribution in [2.75, 3.05) is 27.3 Å². The van der Waals surface area contributed by atoms with Gasteiger partial charge in [0, 0.05) is 14.1 Å². The average Bonchev–Trinajstić information content (AvgIpc) is 2.72. The molecule has 1 saturated heterocycles. The van der Waals surface area contributed by atoms with Gasteiger partial charge in [0.2, 0.25) is 0 Å². The fourth-order valence-electron chi connectivity index (χ4n) is 2.17. The molecule has 120 valence electrons. The molecule has 0 unspecified atom stereocenters. The topological polar surface area (TPSA) is 42.0 Å². The van der Waals surface area contributed by atoms with Crippen LogP contribution in [0.2, 0.25) is 0 Å². The van der Waals surface area contributed by atoms with E-state index in [1.54, 1.807) is 31.1 Å². The van der Waals surface area contributed by atoms with Crippen molar-refractivity contribution in [3.63, 3.8) is 0 Å². The second-order valence-corrected chi connectivity index (χ2v) is 5.23. The van der Waals surface area contributed by atoms with Gasteiger partial charge in [0.1, 0.15) is 12.3 Å². The number of carbonyl (C=O) groups is 1. The Morgan fingerprint density at radius 3 is 2.57 bits per heavy atom. The van der Waals surface area contributed by atoms with Crippen LogP contribution in [-0.4, -0.2) is 48.1 Å². The van der Waals surface area contributed by atoms with Gasteiger partial charge in [-0.1, -0.05) is 12.0 Å². The minimum Gasteiger partial charge on any atom is -0.490 e. The molecule has 0 radical (unpaired) electrons. The van der Waals surface area contributed by atoms with Crippen LogP contribution in [-0.2, 0) is 4.79 Å². The summed E-state index contributed by atoms with van der Waals surface area (Å²) < 4.78 is 11.0. The van der Waals surface area contributed by atoms with Gasteiger partial charge in [-0.05, 0) is 42.9 Å². The number of carbonyl (C=O) groups excluding carboxylic acids is 1. The fraction of sp³-hybridized carbons (Fsp3) is 0.294. The quantitative estimate of drug-likeness (QED) is 0.470. The molecule has 0 N–H and O–H groups in total. The lowest BCUT2D eigenvalue weighted by molar-refractivity contribution is -0.121. The van der Waals surface area contributed by atoms with E-state index in [0.717, 1.165) is 5.56 Å². The monoisotopic (exact) mass is 330 g/mol. The van der Waals surface area contributed by atoms with E-state index in [1.807, 2.05) is 19.1 Å². The van der Waals surface area contributed by atoms with Crippen LogP contribution in [0, 0.1) is 12.3 Å². The minimum atomic E-state index is -0.136. The van der Waals surface area contributed by atoms with E-state index in [0.29, 0.717) is 28.9 Å². The molecule has 1 aromatic rings. The first kappa shape index (κ1) is 16.8. The SMILES string of the molecule is C#CCOc1ccc(/C=C2/C(=O)N(C)C(=S)N2C)cc1OCC. The molecule has 6 heteroatoms. The molecule has 0 aromatic heterocycles. The number of benzene rings is 1. The smallest absolute Gasteiger partial charge is 0.276 e. The first-order valence-electron chi connectivity index (χ1n) is 7.10. The maximum atomic E-state index is 12.2. The lowest BCUT2D eigenvalue weighted by atomic mass is 10.1. The molecule has 0 spiro atoms. The maximum absolute atomic E-state index is 12.2. The Labute approximate surface area is 141 Å². The van der Waals surface area contributed by atoms with E-state index in [4.69, 9.17) is 28.1 Å². The molecule has 1 aromatic carbocycles. The van der Waals surface area contributed by atoms with Crippen LogP contribution in [0.4, 0.5) is 0 Å². The molecular weight excluding hydrogens is 312 g/mol. The van der Waals surface area contributed by atoms with Gasteiger partial charge < -0.3 is 14.4 Å². The average molecular weight is 330 g/mol. The van der Waals surface area contributed by atoms with Crippen molar-refractivity contribution in [2.45, 2.75) is 6.92 Å². The van der Waals surface area contributed by atoms with Gasteiger partial charge in [0.05, 0.1) is 6.61 Å². The normalized spacial score (nSPS) is 16.0. The van der Waals surface area contributed by atoms with Crippen molar-refractivity contribution in [3.8, 4) is 23.8 Å². The van der Waals surface area contributed by atoms with E-state index in [9.17, 15) is 4.79 Å². The molecule has 0 bridgehead atoms. The highest BCUT2D eigenvalue weighted by Crippen LogP contribution is 2.30. The van der Waals surface area contributed by atoms with Crippen molar-refractivity contribution in [1.29, 1.82) is 0 Å². The molecule has 1 heterocycles.